The Kier molecular flexibility index (Phi) is 6.25. The molecule has 2 atom stereocenters. The van der Waals surface area contributed by atoms with Gasteiger partial charge in [-0.2, -0.15) is 5.10 Å². The molecule has 1 fully saturated rings. The van der Waals surface area contributed by atoms with Crippen molar-refractivity contribution in [1.29, 1.82) is 0 Å². The molecule has 2 aromatic heterocycles. The molecule has 1 saturated heterocycles. The molecule has 0 saturated carbocycles. The fraction of sp³-hybridized carbons (Fsp3) is 0.611. The number of nitrogens with zero attached hydrogens (tertiary/aromatic N) is 3. The summed E-state index contributed by atoms with van der Waals surface area (Å²) in [7, 11) is 0. The van der Waals surface area contributed by atoms with E-state index in [0.29, 0.717) is 26.4 Å². The second kappa shape index (κ2) is 8.62. The monoisotopic (exact) mass is 349 g/mol. The summed E-state index contributed by atoms with van der Waals surface area (Å²) in [6.07, 6.45) is 1.18. The first-order valence-electron chi connectivity index (χ1n) is 8.73. The van der Waals surface area contributed by atoms with Crippen LogP contribution in [0.15, 0.2) is 28.9 Å². The molecule has 7 heteroatoms. The quantitative estimate of drug-likeness (QED) is 0.776. The van der Waals surface area contributed by atoms with Crippen LogP contribution >= 0.6 is 0 Å². The van der Waals surface area contributed by atoms with Gasteiger partial charge in [0.2, 0.25) is 0 Å². The Labute approximate surface area is 148 Å². The Morgan fingerprint density at radius 1 is 1.44 bits per heavy atom. The fourth-order valence-corrected chi connectivity index (χ4v) is 3.15. The summed E-state index contributed by atoms with van der Waals surface area (Å²) < 4.78 is 18.6. The van der Waals surface area contributed by atoms with Crippen LogP contribution in [0.2, 0.25) is 0 Å². The zero-order chi connectivity index (χ0) is 17.6. The van der Waals surface area contributed by atoms with Gasteiger partial charge in [0.1, 0.15) is 12.4 Å². The third-order valence-corrected chi connectivity index (χ3v) is 4.31. The number of β-amino-alcohol motifs (C(OH)–C–C–N with tert-alkyl or cyclic N) is 1. The fourth-order valence-electron chi connectivity index (χ4n) is 3.15. The Morgan fingerprint density at radius 3 is 3.04 bits per heavy atom. The predicted molar refractivity (Wildman–Crippen MR) is 92.3 cm³/mol. The average molecular weight is 349 g/mol. The highest BCUT2D eigenvalue weighted by Gasteiger charge is 2.23. The third kappa shape index (κ3) is 5.40. The van der Waals surface area contributed by atoms with Gasteiger partial charge in [0.05, 0.1) is 43.9 Å². The van der Waals surface area contributed by atoms with E-state index in [9.17, 15) is 5.11 Å². The van der Waals surface area contributed by atoms with E-state index < -0.39 is 6.10 Å². The number of aliphatic hydroxyl groups excluding tert-OH is 1. The molecule has 25 heavy (non-hydrogen) atoms. The van der Waals surface area contributed by atoms with Gasteiger partial charge in [-0.25, -0.2) is 0 Å². The van der Waals surface area contributed by atoms with Crippen LogP contribution in [0, 0.1) is 13.8 Å². The SMILES string of the molecule is Cc1cc(C)n(C[C@@H]2CN(C[C@H](O)COCc3ccco3)CCO2)n1. The van der Waals surface area contributed by atoms with Crippen LogP contribution < -0.4 is 0 Å². The van der Waals surface area contributed by atoms with Crippen molar-refractivity contribution in [3.8, 4) is 0 Å². The van der Waals surface area contributed by atoms with Gasteiger partial charge < -0.3 is 19.0 Å². The zero-order valence-electron chi connectivity index (χ0n) is 14.9. The van der Waals surface area contributed by atoms with Gasteiger partial charge in [-0.1, -0.05) is 0 Å². The van der Waals surface area contributed by atoms with Crippen LogP contribution in [0.1, 0.15) is 17.1 Å². The van der Waals surface area contributed by atoms with Crippen molar-refractivity contribution < 1.29 is 19.0 Å². The summed E-state index contributed by atoms with van der Waals surface area (Å²) >= 11 is 0. The van der Waals surface area contributed by atoms with E-state index in [1.807, 2.05) is 23.7 Å². The van der Waals surface area contributed by atoms with E-state index in [1.165, 1.54) is 0 Å². The van der Waals surface area contributed by atoms with Crippen molar-refractivity contribution in [2.75, 3.05) is 32.8 Å². The molecule has 138 valence electrons. The number of aliphatic hydroxyl groups is 1. The number of aromatic nitrogens is 2. The molecule has 1 N–H and O–H groups in total. The van der Waals surface area contributed by atoms with Crippen molar-refractivity contribution in [2.45, 2.75) is 39.2 Å². The molecule has 0 spiro atoms. The Bertz CT molecular complexity index is 641. The summed E-state index contributed by atoms with van der Waals surface area (Å²) in [4.78, 5) is 2.22. The molecule has 2 aromatic rings. The molecular weight excluding hydrogens is 322 g/mol. The molecule has 3 heterocycles. The Morgan fingerprint density at radius 2 is 2.32 bits per heavy atom. The number of aryl methyl sites for hydroxylation is 2. The van der Waals surface area contributed by atoms with Gasteiger partial charge in [0, 0.05) is 25.3 Å². The number of furan rings is 1. The molecule has 0 aromatic carbocycles. The van der Waals surface area contributed by atoms with Crippen molar-refractivity contribution in [3.05, 3.63) is 41.6 Å². The second-order valence-electron chi connectivity index (χ2n) is 6.61. The summed E-state index contributed by atoms with van der Waals surface area (Å²) in [6.45, 7) is 8.32. The highest BCUT2D eigenvalue weighted by atomic mass is 16.5. The van der Waals surface area contributed by atoms with E-state index in [4.69, 9.17) is 13.9 Å². The lowest BCUT2D eigenvalue weighted by atomic mass is 10.2. The molecule has 0 bridgehead atoms. The molecule has 7 nitrogen and oxygen atoms in total. The van der Waals surface area contributed by atoms with Crippen LogP contribution in [-0.4, -0.2) is 64.8 Å². The number of morpholine rings is 1. The van der Waals surface area contributed by atoms with Crippen LogP contribution in [0.5, 0.6) is 0 Å². The standard InChI is InChI=1S/C18H27N3O4/c1-14-8-15(2)21(19-14)11-18-10-20(5-7-25-18)9-16(22)12-23-13-17-4-3-6-24-17/h3-4,6,8,16,18,22H,5,7,9-13H2,1-2H3/t16-,18-/m0/s1. The topological polar surface area (TPSA) is 72.9 Å². The largest absolute Gasteiger partial charge is 0.467 e. The minimum atomic E-state index is -0.526. The average Bonchev–Trinajstić information content (AvgIpc) is 3.18. The van der Waals surface area contributed by atoms with E-state index in [-0.39, 0.29) is 6.10 Å². The maximum Gasteiger partial charge on any atom is 0.129 e. The van der Waals surface area contributed by atoms with Gasteiger partial charge in [-0.15, -0.1) is 0 Å². The van der Waals surface area contributed by atoms with Gasteiger partial charge in [0.15, 0.2) is 0 Å². The molecule has 1 aliphatic rings. The molecule has 0 aliphatic carbocycles. The van der Waals surface area contributed by atoms with Crippen molar-refractivity contribution >= 4 is 0 Å². The summed E-state index contributed by atoms with van der Waals surface area (Å²) in [5.41, 5.74) is 2.17. The lowest BCUT2D eigenvalue weighted by Gasteiger charge is -2.34. The van der Waals surface area contributed by atoms with Crippen LogP contribution in [0.3, 0.4) is 0 Å². The number of hydrogen-bond acceptors (Lipinski definition) is 6. The van der Waals surface area contributed by atoms with Crippen LogP contribution in [0.25, 0.3) is 0 Å². The molecular formula is C18H27N3O4. The maximum atomic E-state index is 10.2. The highest BCUT2D eigenvalue weighted by molar-refractivity contribution is 5.06. The smallest absolute Gasteiger partial charge is 0.129 e. The number of rotatable bonds is 8. The van der Waals surface area contributed by atoms with E-state index in [2.05, 4.69) is 23.0 Å². The lowest BCUT2D eigenvalue weighted by molar-refractivity contribution is -0.0591. The van der Waals surface area contributed by atoms with E-state index in [0.717, 1.165) is 36.8 Å². The van der Waals surface area contributed by atoms with Crippen LogP contribution in [-0.2, 0) is 22.6 Å². The molecule has 1 aliphatic heterocycles. The molecule has 0 unspecified atom stereocenters. The first kappa shape index (κ1) is 18.1. The number of hydrogen-bond donors (Lipinski definition) is 1. The summed E-state index contributed by atoms with van der Waals surface area (Å²) in [6, 6.07) is 5.75. The molecule has 3 rings (SSSR count). The summed E-state index contributed by atoms with van der Waals surface area (Å²) in [5.74, 6) is 0.767. The van der Waals surface area contributed by atoms with E-state index in [1.54, 1.807) is 6.26 Å². The minimum absolute atomic E-state index is 0.0861. The molecule has 0 radical (unpaired) electrons. The first-order valence-corrected chi connectivity index (χ1v) is 8.73. The normalized spacial score (nSPS) is 20.0. The predicted octanol–water partition coefficient (Wildman–Crippen LogP) is 1.37. The Hall–Kier alpha value is -1.67. The van der Waals surface area contributed by atoms with Gasteiger partial charge in [0.25, 0.3) is 0 Å². The Balaban J connectivity index is 1.40. The maximum absolute atomic E-state index is 10.2. The zero-order valence-corrected chi connectivity index (χ0v) is 14.9. The first-order chi connectivity index (χ1) is 12.1. The summed E-state index contributed by atoms with van der Waals surface area (Å²) in [5, 5.41) is 14.7. The minimum Gasteiger partial charge on any atom is -0.467 e. The van der Waals surface area contributed by atoms with Crippen LogP contribution in [0.4, 0.5) is 0 Å². The van der Waals surface area contributed by atoms with Crippen molar-refractivity contribution in [3.63, 3.8) is 0 Å². The van der Waals surface area contributed by atoms with Crippen molar-refractivity contribution in [2.24, 2.45) is 0 Å². The second-order valence-corrected chi connectivity index (χ2v) is 6.61. The highest BCUT2D eigenvalue weighted by Crippen LogP contribution is 2.11. The van der Waals surface area contributed by atoms with Crippen molar-refractivity contribution in [1.82, 2.24) is 14.7 Å². The van der Waals surface area contributed by atoms with Gasteiger partial charge in [-0.3, -0.25) is 9.58 Å². The van der Waals surface area contributed by atoms with E-state index >= 15 is 0 Å². The number of ether oxygens (including phenoxy) is 2. The third-order valence-electron chi connectivity index (χ3n) is 4.31. The lowest BCUT2D eigenvalue weighted by Crippen LogP contribution is -2.47. The molecule has 0 amide bonds. The van der Waals surface area contributed by atoms with Gasteiger partial charge in [-0.05, 0) is 32.0 Å². The van der Waals surface area contributed by atoms with Gasteiger partial charge >= 0.3 is 0 Å².